The number of aliphatic imine (C=N–C) groups is 1. The lowest BCUT2D eigenvalue weighted by Crippen LogP contribution is -2.06. The fourth-order valence-electron chi connectivity index (χ4n) is 2.14. The second-order valence-electron chi connectivity index (χ2n) is 4.46. The number of anilines is 1. The van der Waals surface area contributed by atoms with Gasteiger partial charge in [-0.15, -0.1) is 0 Å². The van der Waals surface area contributed by atoms with E-state index < -0.39 is 0 Å². The number of benzene rings is 1. The van der Waals surface area contributed by atoms with E-state index in [1.165, 1.54) is 12.1 Å². The molecule has 0 saturated carbocycles. The largest absolute Gasteiger partial charge is 0.733 e. The molecule has 8 heteroatoms. The molecule has 0 atom stereocenters. The maximum absolute atomic E-state index is 11.2. The van der Waals surface area contributed by atoms with Crippen LogP contribution in [0.5, 0.6) is 5.88 Å². The number of fused-ring (bicyclic) bond motifs is 1. The van der Waals surface area contributed by atoms with Crippen molar-refractivity contribution >= 4 is 40.1 Å². The van der Waals surface area contributed by atoms with Gasteiger partial charge in [0, 0.05) is 16.8 Å². The molecule has 3 rings (SSSR count). The van der Waals surface area contributed by atoms with Gasteiger partial charge in [-0.2, -0.15) is 0 Å². The molecule has 21 heavy (non-hydrogen) atoms. The quantitative estimate of drug-likeness (QED) is 0.738. The monoisotopic (exact) mass is 304 g/mol. The first kappa shape index (κ1) is 13.6. The van der Waals surface area contributed by atoms with Crippen LogP contribution >= 0.6 is 11.3 Å². The zero-order valence-corrected chi connectivity index (χ0v) is 11.6. The summed E-state index contributed by atoms with van der Waals surface area (Å²) in [6, 6.07) is 4.58. The third-order valence-electron chi connectivity index (χ3n) is 3.10. The summed E-state index contributed by atoms with van der Waals surface area (Å²) < 4.78 is 0. The molecule has 2 aromatic rings. The Morgan fingerprint density at radius 1 is 1.48 bits per heavy atom. The number of nitrogens with one attached hydrogen (secondary N) is 1. The third kappa shape index (κ3) is 2.35. The van der Waals surface area contributed by atoms with Gasteiger partial charge in [0.25, 0.3) is 0 Å². The Morgan fingerprint density at radius 3 is 2.86 bits per heavy atom. The minimum Gasteiger partial charge on any atom is -0.733 e. The standard InChI is InChI=1S/C13H10N3O4S/c1-6-8(5-11-12(17)15-13(18)21-11)9-4-7(16(19)20)2-3-10(9)14-6/h2-5,17,19H,1H3,(H,15,18)/q-1. The summed E-state index contributed by atoms with van der Waals surface area (Å²) in [7, 11) is 0. The van der Waals surface area contributed by atoms with E-state index in [-0.39, 0.29) is 21.7 Å². The molecule has 3 N–H and O–H groups in total. The lowest BCUT2D eigenvalue weighted by molar-refractivity contribution is 0.296. The van der Waals surface area contributed by atoms with E-state index >= 15 is 0 Å². The van der Waals surface area contributed by atoms with E-state index in [1.807, 2.05) is 0 Å². The summed E-state index contributed by atoms with van der Waals surface area (Å²) in [4.78, 5) is 17.9. The Balaban J connectivity index is 2.14. The second kappa shape index (κ2) is 4.85. The van der Waals surface area contributed by atoms with E-state index in [4.69, 9.17) is 5.21 Å². The summed E-state index contributed by atoms with van der Waals surface area (Å²) in [6.07, 6.45) is 1.62. The van der Waals surface area contributed by atoms with Crippen molar-refractivity contribution in [1.29, 1.82) is 0 Å². The van der Waals surface area contributed by atoms with Crippen molar-refractivity contribution in [2.45, 2.75) is 6.92 Å². The van der Waals surface area contributed by atoms with Crippen LogP contribution in [0.3, 0.4) is 0 Å². The number of allylic oxidation sites excluding steroid dienone is 1. The Labute approximate surface area is 122 Å². The van der Waals surface area contributed by atoms with Crippen molar-refractivity contribution in [3.05, 3.63) is 43.5 Å². The van der Waals surface area contributed by atoms with Crippen molar-refractivity contribution in [2.24, 2.45) is 4.99 Å². The number of rotatable bonds is 2. The molecule has 0 fully saturated rings. The van der Waals surface area contributed by atoms with Crippen molar-refractivity contribution < 1.29 is 10.3 Å². The summed E-state index contributed by atoms with van der Waals surface area (Å²) in [5.41, 5.74) is 2.76. The van der Waals surface area contributed by atoms with Crippen LogP contribution in [0, 0.1) is 5.21 Å². The van der Waals surface area contributed by atoms with Crippen LogP contribution in [0.25, 0.3) is 11.6 Å². The number of aromatic hydroxyl groups is 1. The molecule has 0 unspecified atom stereocenters. The molecule has 1 aliphatic rings. The Morgan fingerprint density at radius 2 is 2.24 bits per heavy atom. The predicted octanol–water partition coefficient (Wildman–Crippen LogP) is 2.48. The summed E-state index contributed by atoms with van der Waals surface area (Å²) in [5.74, 6) is -0.206. The summed E-state index contributed by atoms with van der Waals surface area (Å²) in [5, 5.41) is 29.4. The van der Waals surface area contributed by atoms with Gasteiger partial charge in [0.15, 0.2) is 0 Å². The molecule has 1 aliphatic heterocycles. The fraction of sp³-hybridized carbons (Fsp3) is 0.0769. The van der Waals surface area contributed by atoms with Gasteiger partial charge in [0.1, 0.15) is 0 Å². The molecule has 108 valence electrons. The molecular weight excluding hydrogens is 294 g/mol. The van der Waals surface area contributed by atoms with Crippen LogP contribution in [0.1, 0.15) is 17.4 Å². The van der Waals surface area contributed by atoms with Crippen molar-refractivity contribution in [3.8, 4) is 5.88 Å². The molecule has 0 spiro atoms. The maximum atomic E-state index is 11.2. The van der Waals surface area contributed by atoms with Gasteiger partial charge in [-0.1, -0.05) is 11.3 Å². The van der Waals surface area contributed by atoms with E-state index in [0.29, 0.717) is 27.4 Å². The van der Waals surface area contributed by atoms with Crippen LogP contribution in [0.15, 0.2) is 28.0 Å². The Hall–Kier alpha value is -2.42. The van der Waals surface area contributed by atoms with Gasteiger partial charge in [0.05, 0.1) is 16.3 Å². The zero-order chi connectivity index (χ0) is 15.1. The number of aromatic nitrogens is 1. The van der Waals surface area contributed by atoms with E-state index in [0.717, 1.165) is 11.3 Å². The minimum atomic E-state index is -0.359. The van der Waals surface area contributed by atoms with E-state index in [9.17, 15) is 15.1 Å². The van der Waals surface area contributed by atoms with Crippen molar-refractivity contribution in [2.75, 3.05) is 5.23 Å². The number of hydrogen-bond donors (Lipinski definition) is 3. The van der Waals surface area contributed by atoms with E-state index in [1.54, 1.807) is 19.1 Å². The highest BCUT2D eigenvalue weighted by Gasteiger charge is 2.19. The maximum Gasteiger partial charge on any atom is 0.307 e. The first-order valence-corrected chi connectivity index (χ1v) is 6.77. The molecular formula is C13H10N3O4S-. The zero-order valence-electron chi connectivity index (χ0n) is 10.8. The van der Waals surface area contributed by atoms with Crippen LogP contribution in [-0.2, 0) is 0 Å². The molecule has 0 saturated heterocycles. The topological polar surface area (TPSA) is 112 Å². The SMILES string of the molecule is CC1=Nc2ccc(N([O-])O)cc2C1=Cc1sc(=O)[nH]c1O. The highest BCUT2D eigenvalue weighted by molar-refractivity contribution is 7.10. The van der Waals surface area contributed by atoms with Gasteiger partial charge >= 0.3 is 4.87 Å². The van der Waals surface area contributed by atoms with Crippen LogP contribution in [-0.4, -0.2) is 21.0 Å². The Kier molecular flexibility index (Phi) is 3.13. The smallest absolute Gasteiger partial charge is 0.307 e. The fourth-order valence-corrected chi connectivity index (χ4v) is 2.81. The second-order valence-corrected chi connectivity index (χ2v) is 5.47. The van der Waals surface area contributed by atoms with Crippen LogP contribution in [0.2, 0.25) is 0 Å². The van der Waals surface area contributed by atoms with Crippen molar-refractivity contribution in [1.82, 2.24) is 4.98 Å². The average Bonchev–Trinajstić information content (AvgIpc) is 2.90. The van der Waals surface area contributed by atoms with Crippen LogP contribution in [0.4, 0.5) is 11.4 Å². The number of hydrogen-bond acceptors (Lipinski definition) is 7. The van der Waals surface area contributed by atoms with Crippen LogP contribution < -0.4 is 10.1 Å². The molecule has 7 nitrogen and oxygen atoms in total. The molecule has 0 bridgehead atoms. The number of thiazole rings is 1. The number of H-pyrrole nitrogens is 1. The Bertz CT molecular complexity index is 832. The molecule has 1 aromatic carbocycles. The predicted molar refractivity (Wildman–Crippen MR) is 81.3 cm³/mol. The van der Waals surface area contributed by atoms with Gasteiger partial charge in [-0.25, -0.2) is 0 Å². The molecule has 2 heterocycles. The molecule has 0 radical (unpaired) electrons. The highest BCUT2D eigenvalue weighted by Crippen LogP contribution is 2.39. The lowest BCUT2D eigenvalue weighted by atomic mass is 10.0. The van der Waals surface area contributed by atoms with Gasteiger partial charge in [-0.3, -0.25) is 20.0 Å². The normalized spacial score (nSPS) is 15.2. The summed E-state index contributed by atoms with van der Waals surface area (Å²) >= 11 is 0.874. The van der Waals surface area contributed by atoms with E-state index in [2.05, 4.69) is 9.98 Å². The summed E-state index contributed by atoms with van der Waals surface area (Å²) in [6.45, 7) is 1.78. The van der Waals surface area contributed by atoms with Crippen molar-refractivity contribution in [3.63, 3.8) is 0 Å². The first-order chi connectivity index (χ1) is 9.95. The third-order valence-corrected chi connectivity index (χ3v) is 3.92. The average molecular weight is 304 g/mol. The molecule has 1 aromatic heterocycles. The molecule has 0 aliphatic carbocycles. The van der Waals surface area contributed by atoms with Gasteiger partial charge < -0.3 is 15.5 Å². The lowest BCUT2D eigenvalue weighted by Gasteiger charge is -2.22. The highest BCUT2D eigenvalue weighted by atomic mass is 32.1. The van der Waals surface area contributed by atoms with Gasteiger partial charge in [-0.05, 0) is 31.2 Å². The van der Waals surface area contributed by atoms with Gasteiger partial charge in [0.2, 0.25) is 5.88 Å². The minimum absolute atomic E-state index is 0.0797. The number of aromatic amines is 1. The molecule has 0 amide bonds. The first-order valence-electron chi connectivity index (χ1n) is 5.95. The number of nitrogens with zero attached hydrogens (tertiary/aromatic N) is 2.